The van der Waals surface area contributed by atoms with Gasteiger partial charge < -0.3 is 4.90 Å². The number of carbonyl (C=O) groups excluding carboxylic acids is 2. The van der Waals surface area contributed by atoms with Gasteiger partial charge in [-0.05, 0) is 0 Å². The van der Waals surface area contributed by atoms with Crippen LogP contribution in [0.3, 0.4) is 0 Å². The Hall–Kier alpha value is -2.56. The number of nitrogens with one attached hydrogen (secondary N) is 1. The van der Waals surface area contributed by atoms with E-state index in [9.17, 15) is 13.8 Å². The van der Waals surface area contributed by atoms with E-state index in [0.29, 0.717) is 29.5 Å². The Labute approximate surface area is 157 Å². The molecule has 1 aliphatic rings. The van der Waals surface area contributed by atoms with Crippen LogP contribution >= 0.6 is 0 Å². The van der Waals surface area contributed by atoms with E-state index in [1.165, 1.54) is 19.4 Å². The first-order valence-corrected chi connectivity index (χ1v) is 10.4. The molecule has 11 heteroatoms. The zero-order valence-corrected chi connectivity index (χ0v) is 16.8. The quantitative estimate of drug-likeness (QED) is 0.810. The lowest BCUT2D eigenvalue weighted by Gasteiger charge is -2.27. The molecular weight excluding hydrogens is 370 g/mol. The summed E-state index contributed by atoms with van der Waals surface area (Å²) < 4.78 is 18.8. The molecule has 1 atom stereocenters. The molecule has 3 heterocycles. The van der Waals surface area contributed by atoms with Crippen molar-refractivity contribution in [3.63, 3.8) is 0 Å². The summed E-state index contributed by atoms with van der Waals surface area (Å²) in [5.41, 5.74) is 0.325. The smallest absolute Gasteiger partial charge is 0.324 e. The van der Waals surface area contributed by atoms with E-state index in [1.807, 2.05) is 20.8 Å². The number of fused-ring (bicyclic) bond motifs is 1. The maximum absolute atomic E-state index is 13.2. The van der Waals surface area contributed by atoms with Gasteiger partial charge in [-0.25, -0.2) is 9.19 Å². The molecule has 2 amide bonds. The molecule has 1 aliphatic heterocycles. The highest BCUT2D eigenvalue weighted by molar-refractivity contribution is 7.93. The highest BCUT2D eigenvalue weighted by Gasteiger charge is 2.27. The molecule has 0 saturated heterocycles. The van der Waals surface area contributed by atoms with Crippen LogP contribution < -0.4 is 0 Å². The van der Waals surface area contributed by atoms with Crippen molar-refractivity contribution in [3.8, 4) is 0 Å². The highest BCUT2D eigenvalue weighted by Crippen LogP contribution is 2.23. The van der Waals surface area contributed by atoms with Crippen molar-refractivity contribution in [2.75, 3.05) is 12.8 Å². The molecule has 1 N–H and O–H groups in total. The first-order valence-electron chi connectivity index (χ1n) is 8.48. The number of hydrogen-bond donors (Lipinski definition) is 1. The summed E-state index contributed by atoms with van der Waals surface area (Å²) in [7, 11) is -3.07. The topological polar surface area (TPSA) is 126 Å². The number of rotatable bonds is 2. The summed E-state index contributed by atoms with van der Waals surface area (Å²) in [5.74, 6) is -0.405. The van der Waals surface area contributed by atoms with Crippen LogP contribution in [-0.4, -0.2) is 58.7 Å². The molecule has 0 radical (unpaired) electrons. The first kappa shape index (κ1) is 19.2. The molecule has 3 rings (SSSR count). The van der Waals surface area contributed by atoms with Crippen LogP contribution in [0.2, 0.25) is 0 Å². The van der Waals surface area contributed by atoms with Gasteiger partial charge in [0.1, 0.15) is 5.82 Å². The van der Waals surface area contributed by atoms with Gasteiger partial charge in [0.25, 0.3) is 0 Å². The van der Waals surface area contributed by atoms with Gasteiger partial charge >= 0.3 is 5.91 Å². The standard InChI is InChI=1S/C16H23N7O3S/c1-10(24)22-6-7-23-11(9-22)12(8-17-23)27(5,26)21-14(25)13-18-15(20-19-13)16(2,3)4/h8H,6-7,9H2,1-5H3,(H,18,19,20). The third kappa shape index (κ3) is 3.77. The summed E-state index contributed by atoms with van der Waals surface area (Å²) in [6.07, 6.45) is 2.84. The number of hydrogen-bond acceptors (Lipinski definition) is 6. The second kappa shape index (κ2) is 6.55. The van der Waals surface area contributed by atoms with Crippen molar-refractivity contribution in [2.24, 2.45) is 4.36 Å². The molecule has 0 aromatic carbocycles. The van der Waals surface area contributed by atoms with E-state index in [4.69, 9.17) is 0 Å². The van der Waals surface area contributed by atoms with Crippen molar-refractivity contribution >= 4 is 21.5 Å². The van der Waals surface area contributed by atoms with Crippen LogP contribution in [0.25, 0.3) is 0 Å². The molecule has 0 aliphatic carbocycles. The van der Waals surface area contributed by atoms with Gasteiger partial charge in [-0.2, -0.15) is 9.46 Å². The Morgan fingerprint density at radius 3 is 2.59 bits per heavy atom. The molecule has 2 aromatic heterocycles. The van der Waals surface area contributed by atoms with Crippen molar-refractivity contribution in [1.29, 1.82) is 0 Å². The van der Waals surface area contributed by atoms with Crippen LogP contribution in [0, 0.1) is 0 Å². The van der Waals surface area contributed by atoms with Crippen LogP contribution in [0.4, 0.5) is 0 Å². The fourth-order valence-corrected chi connectivity index (χ4v) is 4.09. The maximum Gasteiger partial charge on any atom is 0.324 e. The minimum Gasteiger partial charge on any atom is -0.335 e. The summed E-state index contributed by atoms with van der Waals surface area (Å²) in [5, 5.41) is 10.8. The Bertz CT molecular complexity index is 1020. The summed E-state index contributed by atoms with van der Waals surface area (Å²) in [4.78, 5) is 30.3. The SMILES string of the molecule is CC(=O)N1CCn2ncc(S(C)(=O)=NC(=O)c3n[nH]c(C(C)(C)C)n3)c2C1. The van der Waals surface area contributed by atoms with Crippen LogP contribution in [0.5, 0.6) is 0 Å². The number of amides is 2. The molecular formula is C16H23N7O3S. The monoisotopic (exact) mass is 393 g/mol. The number of aromatic nitrogens is 5. The Kier molecular flexibility index (Phi) is 4.66. The largest absolute Gasteiger partial charge is 0.335 e. The van der Waals surface area contributed by atoms with Crippen molar-refractivity contribution < 1.29 is 13.8 Å². The Morgan fingerprint density at radius 2 is 2.00 bits per heavy atom. The van der Waals surface area contributed by atoms with Gasteiger partial charge in [0.2, 0.25) is 11.7 Å². The summed E-state index contributed by atoms with van der Waals surface area (Å²) in [6, 6.07) is 0. The maximum atomic E-state index is 13.2. The van der Waals surface area contributed by atoms with E-state index in [0.717, 1.165) is 0 Å². The van der Waals surface area contributed by atoms with Gasteiger partial charge in [0.05, 0.1) is 39.6 Å². The van der Waals surface area contributed by atoms with Crippen molar-refractivity contribution in [1.82, 2.24) is 29.9 Å². The predicted molar refractivity (Wildman–Crippen MR) is 97.5 cm³/mol. The van der Waals surface area contributed by atoms with Gasteiger partial charge in [-0.15, -0.1) is 5.10 Å². The molecule has 146 valence electrons. The molecule has 1 unspecified atom stereocenters. The van der Waals surface area contributed by atoms with E-state index < -0.39 is 15.6 Å². The van der Waals surface area contributed by atoms with E-state index in [1.54, 1.807) is 9.58 Å². The predicted octanol–water partition coefficient (Wildman–Crippen LogP) is 0.958. The van der Waals surface area contributed by atoms with Gasteiger partial charge in [0.15, 0.2) is 0 Å². The fraction of sp³-hybridized carbons (Fsp3) is 0.562. The molecule has 2 aromatic rings. The van der Waals surface area contributed by atoms with Gasteiger partial charge in [-0.1, -0.05) is 20.8 Å². The highest BCUT2D eigenvalue weighted by atomic mass is 32.2. The lowest BCUT2D eigenvalue weighted by Crippen LogP contribution is -2.37. The molecule has 10 nitrogen and oxygen atoms in total. The number of carbonyl (C=O) groups is 2. The summed E-state index contributed by atoms with van der Waals surface area (Å²) >= 11 is 0. The van der Waals surface area contributed by atoms with Crippen molar-refractivity contribution in [3.05, 3.63) is 23.5 Å². The number of H-pyrrole nitrogens is 1. The normalized spacial score (nSPS) is 16.6. The minimum atomic E-state index is -3.07. The van der Waals surface area contributed by atoms with E-state index in [2.05, 4.69) is 24.6 Å². The van der Waals surface area contributed by atoms with Crippen LogP contribution in [0.1, 0.15) is 49.8 Å². The Morgan fingerprint density at radius 1 is 1.30 bits per heavy atom. The van der Waals surface area contributed by atoms with E-state index in [-0.39, 0.29) is 23.7 Å². The van der Waals surface area contributed by atoms with Crippen LogP contribution in [0.15, 0.2) is 15.5 Å². The van der Waals surface area contributed by atoms with E-state index >= 15 is 0 Å². The lowest BCUT2D eigenvalue weighted by molar-refractivity contribution is -0.130. The lowest BCUT2D eigenvalue weighted by atomic mass is 9.96. The van der Waals surface area contributed by atoms with Gasteiger partial charge in [-0.3, -0.25) is 19.4 Å². The number of nitrogens with zero attached hydrogens (tertiary/aromatic N) is 6. The number of aromatic amines is 1. The Balaban J connectivity index is 1.94. The fourth-order valence-electron chi connectivity index (χ4n) is 2.75. The molecule has 0 bridgehead atoms. The third-order valence-electron chi connectivity index (χ3n) is 4.33. The first-order chi connectivity index (χ1) is 12.5. The molecule has 0 fully saturated rings. The minimum absolute atomic E-state index is 0.0700. The second-order valence-electron chi connectivity index (χ2n) is 7.58. The molecule has 27 heavy (non-hydrogen) atoms. The molecule has 0 saturated carbocycles. The van der Waals surface area contributed by atoms with Crippen molar-refractivity contribution in [2.45, 2.75) is 51.1 Å². The average molecular weight is 393 g/mol. The second-order valence-corrected chi connectivity index (χ2v) is 9.80. The summed E-state index contributed by atoms with van der Waals surface area (Å²) in [6.45, 7) is 8.61. The zero-order valence-electron chi connectivity index (χ0n) is 16.0. The molecule has 0 spiro atoms. The third-order valence-corrected chi connectivity index (χ3v) is 6.00. The van der Waals surface area contributed by atoms with Gasteiger partial charge in [0, 0.05) is 25.1 Å². The zero-order chi connectivity index (χ0) is 20.0. The average Bonchev–Trinajstić information content (AvgIpc) is 3.20. The van der Waals surface area contributed by atoms with Crippen LogP contribution in [-0.2, 0) is 33.0 Å².